The van der Waals surface area contributed by atoms with Gasteiger partial charge in [0.05, 0.1) is 32.1 Å². The topological polar surface area (TPSA) is 298 Å². The van der Waals surface area contributed by atoms with Crippen LogP contribution in [0.2, 0.25) is 0 Å². The molecule has 21 heteroatoms. The summed E-state index contributed by atoms with van der Waals surface area (Å²) in [6, 6.07) is 0. The van der Waals surface area contributed by atoms with Crippen molar-refractivity contribution < 1.29 is 29.5 Å². The number of hydrogen-bond donors (Lipinski definition) is 7. The second kappa shape index (κ2) is 10.2. The molecule has 9 N–H and O–H groups in total. The number of ether oxygens (including phenoxy) is 3. The van der Waals surface area contributed by atoms with Crippen LogP contribution in [0.5, 0.6) is 0 Å². The lowest BCUT2D eigenvalue weighted by Crippen LogP contribution is -2.36. The maximum atomic E-state index is 12.1. The highest BCUT2D eigenvalue weighted by atomic mass is 16.6. The van der Waals surface area contributed by atoms with Gasteiger partial charge in [-0.1, -0.05) is 5.21 Å². The molecule has 7 heterocycles. The van der Waals surface area contributed by atoms with E-state index in [0.29, 0.717) is 5.69 Å². The van der Waals surface area contributed by atoms with Crippen molar-refractivity contribution in [3.05, 3.63) is 45.3 Å². The Morgan fingerprint density at radius 1 is 0.977 bits per heavy atom. The van der Waals surface area contributed by atoms with Crippen LogP contribution in [-0.4, -0.2) is 100 Å². The number of aromatic nitrogens is 11. The van der Waals surface area contributed by atoms with Crippen molar-refractivity contribution >= 4 is 34.2 Å². The number of aliphatic hydroxyl groups excluding tert-OH is 3. The van der Waals surface area contributed by atoms with E-state index >= 15 is 0 Å². The van der Waals surface area contributed by atoms with Crippen LogP contribution >= 0.6 is 0 Å². The van der Waals surface area contributed by atoms with Crippen LogP contribution in [0.1, 0.15) is 30.8 Å². The van der Waals surface area contributed by atoms with Crippen LogP contribution in [0, 0.1) is 0 Å². The van der Waals surface area contributed by atoms with Crippen molar-refractivity contribution in [3.63, 3.8) is 0 Å². The minimum atomic E-state index is -1.30. The zero-order valence-electron chi connectivity index (χ0n) is 22.0. The van der Waals surface area contributed by atoms with E-state index < -0.39 is 60.8 Å². The number of nitrogens with one attached hydrogen (secondary N) is 2. The molecule has 226 valence electrons. The summed E-state index contributed by atoms with van der Waals surface area (Å²) in [7, 11) is 0. The first-order valence-corrected chi connectivity index (χ1v) is 13.0. The number of imidazole rings is 2. The molecule has 0 spiro atoms. The van der Waals surface area contributed by atoms with Gasteiger partial charge in [0.25, 0.3) is 11.1 Å². The molecule has 0 aliphatic carbocycles. The Morgan fingerprint density at radius 3 is 2.30 bits per heavy atom. The monoisotopic (exact) mass is 599 g/mol. The van der Waals surface area contributed by atoms with Gasteiger partial charge in [-0.25, -0.2) is 14.6 Å². The third-order valence-electron chi connectivity index (χ3n) is 7.29. The number of anilines is 2. The Morgan fingerprint density at radius 2 is 1.63 bits per heavy atom. The molecule has 5 aromatic heterocycles. The molecule has 0 saturated carbocycles. The Labute approximate surface area is 237 Å². The third kappa shape index (κ3) is 4.50. The smallest absolute Gasteiger partial charge is 0.280 e. The number of rotatable bonds is 7. The van der Waals surface area contributed by atoms with Gasteiger partial charge in [0, 0.05) is 6.42 Å². The zero-order valence-corrected chi connectivity index (χ0v) is 22.0. The van der Waals surface area contributed by atoms with Crippen LogP contribution in [0.4, 0.5) is 11.9 Å². The summed E-state index contributed by atoms with van der Waals surface area (Å²) in [6.07, 6.45) is -2.70. The van der Waals surface area contributed by atoms with Gasteiger partial charge in [-0.05, 0) is 0 Å². The largest absolute Gasteiger partial charge is 0.394 e. The molecule has 2 aliphatic heterocycles. The summed E-state index contributed by atoms with van der Waals surface area (Å²) in [6.45, 7) is -0.624. The van der Waals surface area contributed by atoms with E-state index in [1.54, 1.807) is 0 Å². The molecule has 43 heavy (non-hydrogen) atoms. The molecule has 7 unspecified atom stereocenters. The second-order valence-electron chi connectivity index (χ2n) is 10.0. The molecule has 0 aromatic carbocycles. The first kappa shape index (κ1) is 27.1. The minimum Gasteiger partial charge on any atom is -0.394 e. The van der Waals surface area contributed by atoms with Crippen LogP contribution in [0.15, 0.2) is 28.4 Å². The zero-order chi connectivity index (χ0) is 30.0. The fraction of sp³-hybridized carbons (Fsp3) is 0.455. The van der Waals surface area contributed by atoms with E-state index in [1.165, 1.54) is 32.7 Å². The standard InChI is InChI=1S/C22H25N13O8/c23-21-27-15-11(17(39)29-21)25-5-33(15)10-1-8(37)19(43-10)35-2-7(31-32-35)4-41-14-9(3-36)42-20(13(14)38)34-6-26-12-16(34)28-22(24)30-18(12)40/h2,5-6,8-10,13-14,19-20,36-38H,1,3-4H2,(H3,23,27,29,39)(H3,24,28,30,40). The van der Waals surface area contributed by atoms with E-state index in [4.69, 9.17) is 25.7 Å². The summed E-state index contributed by atoms with van der Waals surface area (Å²) in [5.74, 6) is -0.225. The summed E-state index contributed by atoms with van der Waals surface area (Å²) in [5, 5.41) is 39.8. The number of fused-ring (bicyclic) bond motifs is 2. The van der Waals surface area contributed by atoms with Gasteiger partial charge in [-0.2, -0.15) is 9.97 Å². The van der Waals surface area contributed by atoms with Crippen molar-refractivity contribution in [2.24, 2.45) is 0 Å². The van der Waals surface area contributed by atoms with E-state index in [9.17, 15) is 24.9 Å². The number of hydrogen-bond acceptors (Lipinski definition) is 16. The summed E-state index contributed by atoms with van der Waals surface area (Å²) >= 11 is 0. The Hall–Kier alpha value is -4.80. The minimum absolute atomic E-state index is 0.000340. The average Bonchev–Trinajstić information content (AvgIpc) is 3.78. The molecular weight excluding hydrogens is 574 g/mol. The van der Waals surface area contributed by atoms with Crippen molar-refractivity contribution in [2.45, 2.75) is 56.1 Å². The molecule has 0 amide bonds. The summed E-state index contributed by atoms with van der Waals surface area (Å²) < 4.78 is 21.9. The van der Waals surface area contributed by atoms with Gasteiger partial charge in [-0.15, -0.1) is 5.10 Å². The van der Waals surface area contributed by atoms with Crippen molar-refractivity contribution in [2.75, 3.05) is 18.1 Å². The van der Waals surface area contributed by atoms with E-state index in [-0.39, 0.29) is 47.3 Å². The first-order chi connectivity index (χ1) is 20.7. The molecule has 21 nitrogen and oxygen atoms in total. The van der Waals surface area contributed by atoms with E-state index in [2.05, 4.69) is 40.2 Å². The van der Waals surface area contributed by atoms with E-state index in [1.807, 2.05) is 0 Å². The van der Waals surface area contributed by atoms with Crippen molar-refractivity contribution in [3.8, 4) is 0 Å². The quantitative estimate of drug-likeness (QED) is 0.0959. The van der Waals surface area contributed by atoms with Crippen LogP contribution in [-0.2, 0) is 20.8 Å². The van der Waals surface area contributed by atoms with E-state index in [0.717, 1.165) is 0 Å². The number of aliphatic hydroxyl groups is 3. The number of nitrogens with two attached hydrogens (primary N) is 2. The molecule has 7 atom stereocenters. The number of nitrogen functional groups attached to an aromatic ring is 2. The molecular formula is C22H25N13O8. The lowest BCUT2D eigenvalue weighted by atomic mass is 10.1. The number of H-pyrrole nitrogens is 2. The van der Waals surface area contributed by atoms with Crippen molar-refractivity contribution in [1.82, 2.24) is 54.0 Å². The van der Waals surface area contributed by atoms with Gasteiger partial charge < -0.3 is 41.0 Å². The number of aromatic amines is 2. The second-order valence-corrected chi connectivity index (χ2v) is 10.0. The third-order valence-corrected chi connectivity index (χ3v) is 7.29. The average molecular weight is 600 g/mol. The Bertz CT molecular complexity index is 1930. The molecule has 5 aromatic rings. The fourth-order valence-electron chi connectivity index (χ4n) is 5.32. The van der Waals surface area contributed by atoms with Gasteiger partial charge in [0.15, 0.2) is 34.8 Å². The van der Waals surface area contributed by atoms with Crippen molar-refractivity contribution in [1.29, 1.82) is 0 Å². The molecule has 2 fully saturated rings. The highest BCUT2D eigenvalue weighted by Crippen LogP contribution is 2.36. The maximum absolute atomic E-state index is 12.1. The summed E-state index contributed by atoms with van der Waals surface area (Å²) in [5.41, 5.74) is 11.0. The maximum Gasteiger partial charge on any atom is 0.280 e. The molecule has 0 bridgehead atoms. The molecule has 0 radical (unpaired) electrons. The first-order valence-electron chi connectivity index (χ1n) is 13.0. The van der Waals surface area contributed by atoms with Gasteiger partial charge >= 0.3 is 0 Å². The lowest BCUT2D eigenvalue weighted by Gasteiger charge is -2.19. The SMILES string of the molecule is Nc1nc2c(ncn2C2CC(O)C(n3cc(COC4C(CO)OC(n5cnc6c(=O)[nH]c(N)nc65)C4O)nn3)O2)c(=O)[nH]1. The van der Waals surface area contributed by atoms with Crippen LogP contribution in [0.3, 0.4) is 0 Å². The van der Waals surface area contributed by atoms with Gasteiger partial charge in [0.1, 0.15) is 36.3 Å². The fourth-order valence-corrected chi connectivity index (χ4v) is 5.32. The predicted molar refractivity (Wildman–Crippen MR) is 141 cm³/mol. The van der Waals surface area contributed by atoms with Crippen LogP contribution in [0.25, 0.3) is 22.3 Å². The number of nitrogens with zero attached hydrogens (tertiary/aromatic N) is 9. The summed E-state index contributed by atoms with van der Waals surface area (Å²) in [4.78, 5) is 45.3. The predicted octanol–water partition coefficient (Wildman–Crippen LogP) is -3.38. The Kier molecular flexibility index (Phi) is 6.41. The van der Waals surface area contributed by atoms with Gasteiger partial charge in [-0.3, -0.25) is 28.7 Å². The highest BCUT2D eigenvalue weighted by Gasteiger charge is 2.46. The lowest BCUT2D eigenvalue weighted by molar-refractivity contribution is -0.0675. The Balaban J connectivity index is 1.05. The molecule has 2 saturated heterocycles. The molecule has 7 rings (SSSR count). The normalized spacial score (nSPS) is 27.6. The highest BCUT2D eigenvalue weighted by molar-refractivity contribution is 5.71. The van der Waals surface area contributed by atoms with Crippen LogP contribution < -0.4 is 22.6 Å². The molecule has 2 aliphatic rings. The van der Waals surface area contributed by atoms with Gasteiger partial charge in [0.2, 0.25) is 11.9 Å².